The maximum atomic E-state index is 12.6. The van der Waals surface area contributed by atoms with Gasteiger partial charge in [-0.15, -0.1) is 0 Å². The van der Waals surface area contributed by atoms with Crippen LogP contribution in [0.4, 0.5) is 0 Å². The lowest BCUT2D eigenvalue weighted by Crippen LogP contribution is -2.69. The molecular formula is C16H20O4. The lowest BCUT2D eigenvalue weighted by Gasteiger charge is -2.59. The monoisotopic (exact) mass is 276 g/mol. The Bertz CT molecular complexity index is 581. The summed E-state index contributed by atoms with van der Waals surface area (Å²) < 4.78 is 0. The average molecular weight is 276 g/mol. The highest BCUT2D eigenvalue weighted by Gasteiger charge is 2.67. The number of aliphatic hydroxyl groups is 2. The van der Waals surface area contributed by atoms with Gasteiger partial charge in [-0.1, -0.05) is 18.2 Å². The minimum absolute atomic E-state index is 0.229. The van der Waals surface area contributed by atoms with E-state index in [0.717, 1.165) is 0 Å². The molecule has 2 N–H and O–H groups in total. The average Bonchev–Trinajstić information content (AvgIpc) is 2.35. The van der Waals surface area contributed by atoms with Gasteiger partial charge in [0.25, 0.3) is 0 Å². The van der Waals surface area contributed by atoms with Gasteiger partial charge in [-0.3, -0.25) is 9.59 Å². The number of carbonyl (C=O) groups is 2. The van der Waals surface area contributed by atoms with Crippen molar-refractivity contribution in [3.63, 3.8) is 0 Å². The van der Waals surface area contributed by atoms with Crippen LogP contribution in [0.2, 0.25) is 0 Å². The molecule has 20 heavy (non-hydrogen) atoms. The van der Waals surface area contributed by atoms with Crippen LogP contribution in [0.1, 0.15) is 27.7 Å². The molecule has 0 aromatic heterocycles. The molecule has 1 unspecified atom stereocenters. The summed E-state index contributed by atoms with van der Waals surface area (Å²) in [6, 6.07) is 0. The first-order valence-corrected chi connectivity index (χ1v) is 6.97. The van der Waals surface area contributed by atoms with Crippen molar-refractivity contribution in [2.24, 2.45) is 23.2 Å². The second-order valence-electron chi connectivity index (χ2n) is 7.02. The first-order chi connectivity index (χ1) is 9.04. The van der Waals surface area contributed by atoms with Gasteiger partial charge in [0, 0.05) is 17.8 Å². The van der Waals surface area contributed by atoms with E-state index in [4.69, 9.17) is 0 Å². The standard InChI is InChI=1S/C16H20O4/c1-8-7-10-11(16(4,20)12(8)17)9-5-6-14(10,2)13(18)15(9,3)19/h5-7,9-11,19-20H,1-4H3/t9-,10+,11+,14?,15+,16-/m1/s1. The van der Waals surface area contributed by atoms with E-state index < -0.39 is 28.5 Å². The molecule has 108 valence electrons. The van der Waals surface area contributed by atoms with Crippen molar-refractivity contribution in [2.75, 3.05) is 0 Å². The van der Waals surface area contributed by atoms with Gasteiger partial charge in [-0.05, 0) is 33.3 Å². The molecule has 0 amide bonds. The predicted molar refractivity (Wildman–Crippen MR) is 72.7 cm³/mol. The fourth-order valence-electron chi connectivity index (χ4n) is 4.46. The van der Waals surface area contributed by atoms with Crippen LogP contribution >= 0.6 is 0 Å². The van der Waals surface area contributed by atoms with E-state index in [0.29, 0.717) is 5.57 Å². The number of hydrogen-bond acceptors (Lipinski definition) is 4. The van der Waals surface area contributed by atoms with Crippen molar-refractivity contribution in [1.82, 2.24) is 0 Å². The Labute approximate surface area is 118 Å². The molecule has 1 saturated carbocycles. The Hall–Kier alpha value is -1.26. The third-order valence-corrected chi connectivity index (χ3v) is 5.61. The minimum Gasteiger partial charge on any atom is -0.382 e. The van der Waals surface area contributed by atoms with Gasteiger partial charge in [-0.25, -0.2) is 0 Å². The Morgan fingerprint density at radius 1 is 1.05 bits per heavy atom. The van der Waals surface area contributed by atoms with E-state index >= 15 is 0 Å². The quantitative estimate of drug-likeness (QED) is 0.648. The third kappa shape index (κ3) is 1.29. The number of hydrogen-bond donors (Lipinski definition) is 2. The van der Waals surface area contributed by atoms with E-state index in [1.807, 2.05) is 6.08 Å². The number of Topliss-reactive ketones (excluding diaryl/α,β-unsaturated/α-hetero) is 2. The molecule has 0 heterocycles. The van der Waals surface area contributed by atoms with Crippen LogP contribution in [0.15, 0.2) is 23.8 Å². The number of allylic oxidation sites excluding steroid dienone is 2. The molecule has 4 aliphatic rings. The molecule has 0 aliphatic heterocycles. The fraction of sp³-hybridized carbons (Fsp3) is 0.625. The number of carbonyl (C=O) groups excluding carboxylic acids is 2. The van der Waals surface area contributed by atoms with Gasteiger partial charge in [0.15, 0.2) is 11.6 Å². The van der Waals surface area contributed by atoms with Crippen LogP contribution < -0.4 is 0 Å². The second-order valence-corrected chi connectivity index (χ2v) is 7.02. The molecule has 4 aliphatic carbocycles. The van der Waals surface area contributed by atoms with Crippen molar-refractivity contribution >= 4 is 11.6 Å². The topological polar surface area (TPSA) is 74.6 Å². The molecule has 0 radical (unpaired) electrons. The Balaban J connectivity index is 2.27. The molecule has 0 aromatic rings. The number of rotatable bonds is 0. The normalized spacial score (nSPS) is 53.9. The summed E-state index contributed by atoms with van der Waals surface area (Å²) >= 11 is 0. The van der Waals surface area contributed by atoms with Crippen molar-refractivity contribution in [3.8, 4) is 0 Å². The first kappa shape index (κ1) is 13.7. The van der Waals surface area contributed by atoms with E-state index in [1.54, 1.807) is 26.0 Å². The van der Waals surface area contributed by atoms with Crippen LogP contribution in [0.3, 0.4) is 0 Å². The SMILES string of the molecule is CC1=C[C@H]2[C@H]([C@H]3C=CC2(C)C(=O)[C@@]3(C)O)[C@@](C)(O)C1=O. The summed E-state index contributed by atoms with van der Waals surface area (Å²) in [6.07, 6.45) is 5.42. The predicted octanol–water partition coefficient (Wildman–Crippen LogP) is 1.02. The second kappa shape index (κ2) is 3.49. The van der Waals surface area contributed by atoms with E-state index in [1.165, 1.54) is 13.8 Å². The Kier molecular flexibility index (Phi) is 2.39. The van der Waals surface area contributed by atoms with Crippen molar-refractivity contribution < 1.29 is 19.8 Å². The van der Waals surface area contributed by atoms with Crippen LogP contribution in [0.25, 0.3) is 0 Å². The van der Waals surface area contributed by atoms with Gasteiger partial charge in [-0.2, -0.15) is 0 Å². The molecule has 4 rings (SSSR count). The molecule has 0 saturated heterocycles. The van der Waals surface area contributed by atoms with Crippen LogP contribution in [0.5, 0.6) is 0 Å². The molecule has 6 atom stereocenters. The summed E-state index contributed by atoms with van der Waals surface area (Å²) in [5, 5.41) is 21.3. The van der Waals surface area contributed by atoms with Crippen molar-refractivity contribution in [2.45, 2.75) is 38.9 Å². The summed E-state index contributed by atoms with van der Waals surface area (Å²) in [5.41, 5.74) is -3.46. The smallest absolute Gasteiger partial charge is 0.189 e. The van der Waals surface area contributed by atoms with Gasteiger partial charge >= 0.3 is 0 Å². The highest BCUT2D eigenvalue weighted by Crippen LogP contribution is 2.59. The van der Waals surface area contributed by atoms with Crippen LogP contribution in [0, 0.1) is 23.2 Å². The van der Waals surface area contributed by atoms with E-state index in [9.17, 15) is 19.8 Å². The van der Waals surface area contributed by atoms with Crippen molar-refractivity contribution in [3.05, 3.63) is 23.8 Å². The van der Waals surface area contributed by atoms with Gasteiger partial charge in [0.2, 0.25) is 0 Å². The largest absolute Gasteiger partial charge is 0.382 e. The fourth-order valence-corrected chi connectivity index (χ4v) is 4.46. The lowest BCUT2D eigenvalue weighted by atomic mass is 9.44. The molecule has 0 spiro atoms. The third-order valence-electron chi connectivity index (χ3n) is 5.61. The maximum Gasteiger partial charge on any atom is 0.189 e. The Morgan fingerprint density at radius 3 is 2.25 bits per heavy atom. The van der Waals surface area contributed by atoms with E-state index in [-0.39, 0.29) is 17.5 Å². The zero-order chi connectivity index (χ0) is 15.1. The number of fused-ring (bicyclic) bond motifs is 1. The molecule has 1 fully saturated rings. The zero-order valence-electron chi connectivity index (χ0n) is 12.2. The Morgan fingerprint density at radius 2 is 1.65 bits per heavy atom. The van der Waals surface area contributed by atoms with Gasteiger partial charge in [0.05, 0.1) is 5.41 Å². The van der Waals surface area contributed by atoms with Crippen molar-refractivity contribution in [1.29, 1.82) is 0 Å². The summed E-state index contributed by atoms with van der Waals surface area (Å²) in [7, 11) is 0. The number of ketones is 2. The zero-order valence-corrected chi connectivity index (χ0v) is 12.2. The minimum atomic E-state index is -1.55. The first-order valence-electron chi connectivity index (χ1n) is 6.97. The highest BCUT2D eigenvalue weighted by atomic mass is 16.3. The van der Waals surface area contributed by atoms with E-state index in [2.05, 4.69) is 0 Å². The van der Waals surface area contributed by atoms with Gasteiger partial charge in [0.1, 0.15) is 11.2 Å². The maximum absolute atomic E-state index is 12.6. The van der Waals surface area contributed by atoms with Gasteiger partial charge < -0.3 is 10.2 Å². The molecule has 4 nitrogen and oxygen atoms in total. The summed E-state index contributed by atoms with van der Waals surface area (Å²) in [6.45, 7) is 6.44. The molecule has 0 aromatic carbocycles. The summed E-state index contributed by atoms with van der Waals surface area (Å²) in [5.74, 6) is -1.80. The summed E-state index contributed by atoms with van der Waals surface area (Å²) in [4.78, 5) is 24.9. The molecular weight excluding hydrogens is 256 g/mol. The van der Waals surface area contributed by atoms with Crippen LogP contribution in [-0.2, 0) is 9.59 Å². The van der Waals surface area contributed by atoms with Crippen LogP contribution in [-0.4, -0.2) is 33.0 Å². The molecule has 2 bridgehead atoms. The molecule has 4 heteroatoms. The lowest BCUT2D eigenvalue weighted by molar-refractivity contribution is -0.185. The highest BCUT2D eigenvalue weighted by molar-refractivity contribution is 6.04.